The number of nitrogens with two attached hydrogens (primary N) is 1. The van der Waals surface area contributed by atoms with Crippen LogP contribution in [-0.4, -0.2) is 34.6 Å². The molecule has 0 unspecified atom stereocenters. The Morgan fingerprint density at radius 2 is 1.84 bits per heavy atom. The number of sulfonamides is 1. The molecule has 0 amide bonds. The first-order valence-electron chi connectivity index (χ1n) is 5.30. The molecule has 1 aromatic carbocycles. The molecular formula is C10H15FN2O4S2. The highest BCUT2D eigenvalue weighted by molar-refractivity contribution is 7.95. The third-order valence-corrected chi connectivity index (χ3v) is 4.73. The highest BCUT2D eigenvalue weighted by atomic mass is 32.2. The molecule has 0 fully saturated rings. The standard InChI is InChI=1S/C10H15FN2O4S2/c1-18(14,15)4-5-19(16,17)13-10-3-2-8(7-12)6-9(10)11/h2-3,6,13H,4-5,7,12H2,1H3. The summed E-state index contributed by atoms with van der Waals surface area (Å²) in [6.45, 7) is 0.137. The van der Waals surface area contributed by atoms with Crippen LogP contribution in [0.25, 0.3) is 0 Å². The minimum atomic E-state index is -3.91. The topological polar surface area (TPSA) is 106 Å². The lowest BCUT2D eigenvalue weighted by Gasteiger charge is -2.09. The van der Waals surface area contributed by atoms with Crippen LogP contribution in [0.3, 0.4) is 0 Å². The fraction of sp³-hybridized carbons (Fsp3) is 0.400. The van der Waals surface area contributed by atoms with Crippen LogP contribution in [-0.2, 0) is 26.4 Å². The number of anilines is 1. The first-order valence-corrected chi connectivity index (χ1v) is 9.01. The number of hydrogen-bond acceptors (Lipinski definition) is 5. The minimum Gasteiger partial charge on any atom is -0.326 e. The van der Waals surface area contributed by atoms with E-state index in [-0.39, 0.29) is 12.2 Å². The van der Waals surface area contributed by atoms with Crippen molar-refractivity contribution in [2.45, 2.75) is 6.54 Å². The van der Waals surface area contributed by atoms with Gasteiger partial charge >= 0.3 is 0 Å². The molecule has 6 nitrogen and oxygen atoms in total. The van der Waals surface area contributed by atoms with Gasteiger partial charge in [0, 0.05) is 12.8 Å². The Balaban J connectivity index is 2.84. The summed E-state index contributed by atoms with van der Waals surface area (Å²) in [5.41, 5.74) is 5.61. The van der Waals surface area contributed by atoms with Crippen LogP contribution in [0.2, 0.25) is 0 Å². The van der Waals surface area contributed by atoms with Gasteiger partial charge in [-0.05, 0) is 17.7 Å². The first kappa shape index (κ1) is 15.9. The van der Waals surface area contributed by atoms with Crippen molar-refractivity contribution in [3.63, 3.8) is 0 Å². The van der Waals surface area contributed by atoms with Crippen LogP contribution < -0.4 is 10.5 Å². The van der Waals surface area contributed by atoms with E-state index >= 15 is 0 Å². The molecule has 9 heteroatoms. The van der Waals surface area contributed by atoms with Crippen LogP contribution >= 0.6 is 0 Å². The molecule has 0 aromatic heterocycles. The van der Waals surface area contributed by atoms with Crippen LogP contribution in [0.5, 0.6) is 0 Å². The van der Waals surface area contributed by atoms with Gasteiger partial charge in [-0.2, -0.15) is 0 Å². The molecule has 19 heavy (non-hydrogen) atoms. The predicted octanol–water partition coefficient (Wildman–Crippen LogP) is 0.0707. The smallest absolute Gasteiger partial charge is 0.233 e. The van der Waals surface area contributed by atoms with Crippen LogP contribution in [0.15, 0.2) is 18.2 Å². The summed E-state index contributed by atoms with van der Waals surface area (Å²) in [5, 5.41) is 0. The molecule has 0 saturated heterocycles. The molecule has 0 saturated carbocycles. The minimum absolute atomic E-state index is 0.137. The molecule has 108 valence electrons. The van der Waals surface area contributed by atoms with E-state index in [1.54, 1.807) is 0 Å². The summed E-state index contributed by atoms with van der Waals surface area (Å²) < 4.78 is 60.5. The molecule has 3 N–H and O–H groups in total. The second kappa shape index (κ2) is 5.85. The molecule has 0 spiro atoms. The number of hydrogen-bond donors (Lipinski definition) is 2. The number of sulfone groups is 1. The maximum atomic E-state index is 13.5. The molecule has 0 atom stereocenters. The van der Waals surface area contributed by atoms with Crippen molar-refractivity contribution >= 4 is 25.5 Å². The van der Waals surface area contributed by atoms with E-state index in [0.717, 1.165) is 12.3 Å². The summed E-state index contributed by atoms with van der Waals surface area (Å²) in [7, 11) is -7.31. The van der Waals surface area contributed by atoms with E-state index in [4.69, 9.17) is 5.73 Å². The lowest BCUT2D eigenvalue weighted by atomic mass is 10.2. The van der Waals surface area contributed by atoms with Crippen molar-refractivity contribution in [1.29, 1.82) is 0 Å². The summed E-state index contributed by atoms with van der Waals surface area (Å²) in [6.07, 6.45) is 0.930. The van der Waals surface area contributed by atoms with Gasteiger partial charge in [0.2, 0.25) is 10.0 Å². The lowest BCUT2D eigenvalue weighted by Crippen LogP contribution is -2.23. The highest BCUT2D eigenvalue weighted by Crippen LogP contribution is 2.17. The van der Waals surface area contributed by atoms with Crippen molar-refractivity contribution < 1.29 is 21.2 Å². The Kier molecular flexibility index (Phi) is 4.88. The van der Waals surface area contributed by atoms with E-state index in [1.165, 1.54) is 12.1 Å². The second-order valence-electron chi connectivity index (χ2n) is 4.07. The molecule has 1 aromatic rings. The summed E-state index contributed by atoms with van der Waals surface area (Å²) in [4.78, 5) is 0. The Morgan fingerprint density at radius 3 is 2.32 bits per heavy atom. The van der Waals surface area contributed by atoms with Crippen molar-refractivity contribution in [3.8, 4) is 0 Å². The number of rotatable bonds is 6. The van der Waals surface area contributed by atoms with Gasteiger partial charge in [-0.15, -0.1) is 0 Å². The van der Waals surface area contributed by atoms with Crippen LogP contribution in [0.4, 0.5) is 10.1 Å². The Morgan fingerprint density at radius 1 is 1.21 bits per heavy atom. The lowest BCUT2D eigenvalue weighted by molar-refractivity contribution is 0.592. The number of nitrogens with one attached hydrogen (secondary N) is 1. The van der Waals surface area contributed by atoms with Gasteiger partial charge in [0.05, 0.1) is 17.2 Å². The van der Waals surface area contributed by atoms with E-state index in [0.29, 0.717) is 5.56 Å². The van der Waals surface area contributed by atoms with Gasteiger partial charge in [0.1, 0.15) is 15.7 Å². The molecule has 1 rings (SSSR count). The average Bonchev–Trinajstić information content (AvgIpc) is 2.28. The molecule has 0 radical (unpaired) electrons. The molecule has 0 bridgehead atoms. The fourth-order valence-electron chi connectivity index (χ4n) is 1.25. The molecular weight excluding hydrogens is 295 g/mol. The van der Waals surface area contributed by atoms with E-state index in [1.807, 2.05) is 4.72 Å². The van der Waals surface area contributed by atoms with E-state index in [9.17, 15) is 21.2 Å². The van der Waals surface area contributed by atoms with Gasteiger partial charge in [0.25, 0.3) is 0 Å². The quantitative estimate of drug-likeness (QED) is 0.773. The fourth-order valence-corrected chi connectivity index (χ4v) is 3.94. The summed E-state index contributed by atoms with van der Waals surface area (Å²) >= 11 is 0. The molecule has 0 aliphatic carbocycles. The van der Waals surface area contributed by atoms with Gasteiger partial charge in [0.15, 0.2) is 0 Å². The predicted molar refractivity (Wildman–Crippen MR) is 71.4 cm³/mol. The van der Waals surface area contributed by atoms with Crippen molar-refractivity contribution in [2.75, 3.05) is 22.5 Å². The second-order valence-corrected chi connectivity index (χ2v) is 8.17. The molecule has 0 aliphatic rings. The maximum Gasteiger partial charge on any atom is 0.233 e. The number of halogens is 1. The third kappa shape index (κ3) is 5.53. The van der Waals surface area contributed by atoms with E-state index < -0.39 is 37.2 Å². The number of benzene rings is 1. The zero-order chi connectivity index (χ0) is 14.7. The molecule has 0 heterocycles. The monoisotopic (exact) mass is 310 g/mol. The zero-order valence-corrected chi connectivity index (χ0v) is 11.9. The van der Waals surface area contributed by atoms with Gasteiger partial charge in [-0.25, -0.2) is 21.2 Å². The normalized spacial score (nSPS) is 12.4. The summed E-state index contributed by atoms with van der Waals surface area (Å²) in [5.74, 6) is -1.90. The largest absolute Gasteiger partial charge is 0.326 e. The van der Waals surface area contributed by atoms with Crippen LogP contribution in [0, 0.1) is 5.82 Å². The first-order chi connectivity index (χ1) is 8.63. The van der Waals surface area contributed by atoms with Crippen molar-refractivity contribution in [1.82, 2.24) is 0 Å². The Labute approximate surface area is 111 Å². The average molecular weight is 310 g/mol. The van der Waals surface area contributed by atoms with Crippen LogP contribution in [0.1, 0.15) is 5.56 Å². The SMILES string of the molecule is CS(=O)(=O)CCS(=O)(=O)Nc1ccc(CN)cc1F. The Bertz CT molecular complexity index is 656. The highest BCUT2D eigenvalue weighted by Gasteiger charge is 2.16. The zero-order valence-electron chi connectivity index (χ0n) is 10.3. The van der Waals surface area contributed by atoms with Crippen molar-refractivity contribution in [2.24, 2.45) is 5.73 Å². The third-order valence-electron chi connectivity index (χ3n) is 2.26. The Hall–Kier alpha value is -1.19. The van der Waals surface area contributed by atoms with Gasteiger partial charge in [-0.3, -0.25) is 4.72 Å². The summed E-state index contributed by atoms with van der Waals surface area (Å²) in [6, 6.07) is 3.85. The maximum absolute atomic E-state index is 13.5. The van der Waals surface area contributed by atoms with Gasteiger partial charge in [-0.1, -0.05) is 6.07 Å². The van der Waals surface area contributed by atoms with Gasteiger partial charge < -0.3 is 5.73 Å². The molecule has 0 aliphatic heterocycles. The van der Waals surface area contributed by atoms with E-state index in [2.05, 4.69) is 0 Å². The van der Waals surface area contributed by atoms with Crippen molar-refractivity contribution in [3.05, 3.63) is 29.6 Å².